The van der Waals surface area contributed by atoms with Gasteiger partial charge >= 0.3 is 17.9 Å². The highest BCUT2D eigenvalue weighted by molar-refractivity contribution is 5.76. The van der Waals surface area contributed by atoms with Crippen LogP contribution in [0.2, 0.25) is 0 Å². The Kier molecular flexibility index (Phi) is 6.43. The number of aromatic nitrogens is 2. The molecule has 1 aromatic heterocycles. The van der Waals surface area contributed by atoms with Crippen LogP contribution >= 0.6 is 0 Å². The van der Waals surface area contributed by atoms with E-state index >= 15 is 0 Å². The lowest BCUT2D eigenvalue weighted by Crippen LogP contribution is -2.42. The van der Waals surface area contributed by atoms with E-state index in [1.807, 2.05) is 6.92 Å². The number of carbonyl (C=O) groups excluding carboxylic acids is 2. The Morgan fingerprint density at radius 1 is 1.32 bits per heavy atom. The van der Waals surface area contributed by atoms with Crippen LogP contribution in [0.4, 0.5) is 5.95 Å². The fourth-order valence-electron chi connectivity index (χ4n) is 2.74. The third kappa shape index (κ3) is 4.49. The molecule has 0 aliphatic carbocycles. The van der Waals surface area contributed by atoms with Crippen molar-refractivity contribution in [2.45, 2.75) is 72.5 Å². The molecule has 1 saturated heterocycles. The van der Waals surface area contributed by atoms with E-state index in [2.05, 4.69) is 4.98 Å². The van der Waals surface area contributed by atoms with Crippen LogP contribution in [0.15, 0.2) is 12.4 Å². The van der Waals surface area contributed by atoms with Gasteiger partial charge in [0.05, 0.1) is 11.3 Å². The largest absolute Gasteiger partial charge is 0.455 e. The Morgan fingerprint density at radius 3 is 2.46 bits per heavy atom. The number of ether oxygens (including phenoxy) is 3. The highest BCUT2D eigenvalue weighted by Gasteiger charge is 2.53. The summed E-state index contributed by atoms with van der Waals surface area (Å²) in [6.07, 6.45) is -0.476. The summed E-state index contributed by atoms with van der Waals surface area (Å²) in [5, 5.41) is 11.3. The molecular formula is C18H27N3O7. The van der Waals surface area contributed by atoms with Gasteiger partial charge in [-0.3, -0.25) is 9.59 Å². The number of nitro groups is 1. The van der Waals surface area contributed by atoms with Gasteiger partial charge in [0.1, 0.15) is 18.5 Å². The predicted molar refractivity (Wildman–Crippen MR) is 97.1 cm³/mol. The van der Waals surface area contributed by atoms with Crippen molar-refractivity contribution in [1.29, 1.82) is 0 Å². The molecule has 0 aromatic carbocycles. The van der Waals surface area contributed by atoms with E-state index < -0.39 is 58.7 Å². The molecule has 0 amide bonds. The van der Waals surface area contributed by atoms with Gasteiger partial charge in [0, 0.05) is 0 Å². The van der Waals surface area contributed by atoms with E-state index in [0.717, 1.165) is 0 Å². The van der Waals surface area contributed by atoms with E-state index in [1.165, 1.54) is 17.0 Å². The molecule has 2 unspecified atom stereocenters. The smallest absolute Gasteiger partial charge is 0.436 e. The lowest BCUT2D eigenvalue weighted by molar-refractivity contribution is -0.398. The summed E-state index contributed by atoms with van der Waals surface area (Å²) in [5.41, 5.74) is -0.774. The molecule has 0 spiro atoms. The van der Waals surface area contributed by atoms with Crippen molar-refractivity contribution in [2.24, 2.45) is 11.3 Å². The number of carbonyl (C=O) groups is 2. The van der Waals surface area contributed by atoms with Gasteiger partial charge in [0.2, 0.25) is 6.23 Å². The minimum atomic E-state index is -1.04. The maximum absolute atomic E-state index is 12.5. The maximum Gasteiger partial charge on any atom is 0.436 e. The van der Waals surface area contributed by atoms with E-state index in [9.17, 15) is 19.7 Å². The van der Waals surface area contributed by atoms with Gasteiger partial charge in [-0.05, 0) is 32.1 Å². The van der Waals surface area contributed by atoms with Crippen LogP contribution in [0.5, 0.6) is 0 Å². The molecule has 28 heavy (non-hydrogen) atoms. The summed E-state index contributed by atoms with van der Waals surface area (Å²) in [5.74, 6) is -1.88. The summed E-state index contributed by atoms with van der Waals surface area (Å²) in [6.45, 7) is 10.3. The Balaban J connectivity index is 2.43. The molecule has 10 heteroatoms. The van der Waals surface area contributed by atoms with Crippen LogP contribution in [0, 0.1) is 21.4 Å². The molecule has 2 rings (SSSR count). The summed E-state index contributed by atoms with van der Waals surface area (Å²) in [7, 11) is 0. The molecule has 1 aliphatic rings. The van der Waals surface area contributed by atoms with Gasteiger partial charge in [0.15, 0.2) is 12.2 Å². The molecule has 156 valence electrons. The van der Waals surface area contributed by atoms with Crippen molar-refractivity contribution < 1.29 is 28.7 Å². The summed E-state index contributed by atoms with van der Waals surface area (Å²) in [4.78, 5) is 39.1. The lowest BCUT2D eigenvalue weighted by Gasteiger charge is -2.27. The monoisotopic (exact) mass is 397 g/mol. The zero-order chi connectivity index (χ0) is 21.2. The number of nitrogens with zero attached hydrogens (tertiary/aromatic N) is 3. The van der Waals surface area contributed by atoms with Gasteiger partial charge < -0.3 is 24.3 Å². The molecule has 1 aliphatic heterocycles. The van der Waals surface area contributed by atoms with Crippen LogP contribution in [0.1, 0.15) is 54.2 Å². The summed E-state index contributed by atoms with van der Waals surface area (Å²) < 4.78 is 18.4. The molecule has 0 bridgehead atoms. The fraction of sp³-hybridized carbons (Fsp3) is 0.722. The van der Waals surface area contributed by atoms with Crippen molar-refractivity contribution in [3.63, 3.8) is 0 Å². The third-order valence-electron chi connectivity index (χ3n) is 4.35. The first kappa shape index (κ1) is 21.8. The predicted octanol–water partition coefficient (Wildman–Crippen LogP) is 2.62. The van der Waals surface area contributed by atoms with Crippen molar-refractivity contribution in [1.82, 2.24) is 9.55 Å². The van der Waals surface area contributed by atoms with Crippen molar-refractivity contribution in [3.05, 3.63) is 22.5 Å². The molecule has 4 atom stereocenters. The van der Waals surface area contributed by atoms with E-state index in [1.54, 1.807) is 34.6 Å². The summed E-state index contributed by atoms with van der Waals surface area (Å²) in [6, 6.07) is 0. The van der Waals surface area contributed by atoms with E-state index in [4.69, 9.17) is 14.2 Å². The first-order valence-corrected chi connectivity index (χ1v) is 9.21. The van der Waals surface area contributed by atoms with Crippen molar-refractivity contribution >= 4 is 17.9 Å². The van der Waals surface area contributed by atoms with Gasteiger partial charge in [-0.15, -0.1) is 0 Å². The zero-order valence-corrected chi connectivity index (χ0v) is 16.9. The molecule has 0 N–H and O–H groups in total. The molecule has 1 aromatic rings. The number of esters is 2. The quantitative estimate of drug-likeness (QED) is 0.408. The maximum atomic E-state index is 12.5. The van der Waals surface area contributed by atoms with Crippen LogP contribution in [-0.2, 0) is 23.8 Å². The number of hydrogen-bond acceptors (Lipinski definition) is 8. The van der Waals surface area contributed by atoms with Gasteiger partial charge in [-0.1, -0.05) is 25.8 Å². The van der Waals surface area contributed by atoms with Crippen molar-refractivity contribution in [2.75, 3.05) is 0 Å². The van der Waals surface area contributed by atoms with E-state index in [0.29, 0.717) is 6.42 Å². The average Bonchev–Trinajstić information content (AvgIpc) is 3.19. The average molecular weight is 397 g/mol. The Bertz CT molecular complexity index is 738. The fourth-order valence-corrected chi connectivity index (χ4v) is 2.74. The van der Waals surface area contributed by atoms with Gasteiger partial charge in [0.25, 0.3) is 0 Å². The standard InChI is InChI=1S/C18H27N3O7/c1-7-11-12(28-16(23)18(4,5)6)13(27-15(22)10(2)3)14(26-11)20-9-8-19-17(20)21(24)25/h8-14H,7H2,1-6H3/t11?,12-,13+,14?/m0/s1. The van der Waals surface area contributed by atoms with Gasteiger partial charge in [-0.25, -0.2) is 0 Å². The molecule has 0 saturated carbocycles. The highest BCUT2D eigenvalue weighted by atomic mass is 16.7. The highest BCUT2D eigenvalue weighted by Crippen LogP contribution is 2.38. The van der Waals surface area contributed by atoms with Gasteiger partial charge in [-0.2, -0.15) is 4.57 Å². The second kappa shape index (κ2) is 8.26. The SMILES string of the molecule is CCC1OC(n2ccnc2[N+](=O)[O-])[C@H](OC(=O)C(C)C)[C@H]1OC(=O)C(C)(C)C. The minimum Gasteiger partial charge on any atom is -0.455 e. The molecule has 0 radical (unpaired) electrons. The zero-order valence-electron chi connectivity index (χ0n) is 16.9. The Morgan fingerprint density at radius 2 is 1.96 bits per heavy atom. The third-order valence-corrected chi connectivity index (χ3v) is 4.35. The minimum absolute atomic E-state index is 0.432. The number of hydrogen-bond donors (Lipinski definition) is 0. The number of imidazole rings is 1. The molecular weight excluding hydrogens is 370 g/mol. The van der Waals surface area contributed by atoms with E-state index in [-0.39, 0.29) is 0 Å². The lowest BCUT2D eigenvalue weighted by atomic mass is 9.97. The Hall–Kier alpha value is -2.49. The topological polar surface area (TPSA) is 123 Å². The molecule has 2 heterocycles. The molecule has 1 fully saturated rings. The molecule has 10 nitrogen and oxygen atoms in total. The van der Waals surface area contributed by atoms with Crippen LogP contribution in [-0.4, -0.2) is 44.7 Å². The second-order valence-electron chi connectivity index (χ2n) is 8.04. The van der Waals surface area contributed by atoms with Crippen LogP contribution in [0.25, 0.3) is 0 Å². The van der Waals surface area contributed by atoms with Crippen LogP contribution < -0.4 is 0 Å². The van der Waals surface area contributed by atoms with Crippen molar-refractivity contribution in [3.8, 4) is 0 Å². The number of rotatable bonds is 6. The normalized spacial score (nSPS) is 25.0. The Labute approximate surface area is 163 Å². The second-order valence-corrected chi connectivity index (χ2v) is 8.04. The van der Waals surface area contributed by atoms with Crippen LogP contribution in [0.3, 0.4) is 0 Å². The first-order chi connectivity index (χ1) is 13.0. The first-order valence-electron chi connectivity index (χ1n) is 9.21. The summed E-state index contributed by atoms with van der Waals surface area (Å²) >= 11 is 0.